The van der Waals surface area contributed by atoms with Crippen molar-refractivity contribution < 1.29 is 22.7 Å². The molecule has 5 nitrogen and oxygen atoms in total. The van der Waals surface area contributed by atoms with Crippen LogP contribution in [0.15, 0.2) is 12.1 Å². The predicted molar refractivity (Wildman–Crippen MR) is 78.9 cm³/mol. The molecule has 0 unspecified atom stereocenters. The van der Waals surface area contributed by atoms with Gasteiger partial charge in [0.1, 0.15) is 16.9 Å². The number of aryl methyl sites for hydroxylation is 1. The molecule has 0 aliphatic rings. The fourth-order valence-corrected chi connectivity index (χ4v) is 2.08. The summed E-state index contributed by atoms with van der Waals surface area (Å²) in [6.45, 7) is 6.67. The van der Waals surface area contributed by atoms with Crippen molar-refractivity contribution in [1.29, 1.82) is 0 Å². The Balaban J connectivity index is 2.22. The number of aromatic nitrogens is 2. The quantitative estimate of drug-likeness (QED) is 0.878. The minimum Gasteiger partial charge on any atom is -0.444 e. The Morgan fingerprint density at radius 1 is 1.30 bits per heavy atom. The van der Waals surface area contributed by atoms with Crippen molar-refractivity contribution in [2.75, 3.05) is 0 Å². The SMILES string of the molecule is Cc1cc(C(F)(F)F)c2nc(CNC(=O)OC(C)(C)C)[nH]c2c1. The fraction of sp³-hybridized carbons (Fsp3) is 0.467. The smallest absolute Gasteiger partial charge is 0.418 e. The van der Waals surface area contributed by atoms with Gasteiger partial charge in [-0.1, -0.05) is 0 Å². The Labute approximate surface area is 131 Å². The van der Waals surface area contributed by atoms with Crippen LogP contribution in [-0.2, 0) is 17.5 Å². The summed E-state index contributed by atoms with van der Waals surface area (Å²) in [5.41, 5.74) is -0.867. The number of nitrogens with one attached hydrogen (secondary N) is 2. The van der Waals surface area contributed by atoms with Gasteiger partial charge >= 0.3 is 12.3 Å². The van der Waals surface area contributed by atoms with Gasteiger partial charge in [-0.2, -0.15) is 13.2 Å². The highest BCUT2D eigenvalue weighted by atomic mass is 19.4. The zero-order valence-electron chi connectivity index (χ0n) is 13.3. The summed E-state index contributed by atoms with van der Waals surface area (Å²) in [6.07, 6.45) is -5.15. The van der Waals surface area contributed by atoms with Crippen molar-refractivity contribution in [1.82, 2.24) is 15.3 Å². The van der Waals surface area contributed by atoms with E-state index >= 15 is 0 Å². The van der Waals surface area contributed by atoms with E-state index in [4.69, 9.17) is 4.74 Å². The van der Waals surface area contributed by atoms with Crippen LogP contribution in [0, 0.1) is 6.92 Å². The van der Waals surface area contributed by atoms with Gasteiger partial charge in [-0.05, 0) is 45.4 Å². The second kappa shape index (κ2) is 5.75. The minimum atomic E-state index is -4.49. The van der Waals surface area contributed by atoms with Crippen molar-refractivity contribution in [3.63, 3.8) is 0 Å². The molecule has 0 atom stereocenters. The average molecular weight is 329 g/mol. The predicted octanol–water partition coefficient (Wildman–Crippen LogP) is 3.91. The van der Waals surface area contributed by atoms with Crippen LogP contribution in [-0.4, -0.2) is 21.7 Å². The first-order chi connectivity index (χ1) is 10.5. The van der Waals surface area contributed by atoms with E-state index in [1.54, 1.807) is 33.8 Å². The Morgan fingerprint density at radius 3 is 2.52 bits per heavy atom. The largest absolute Gasteiger partial charge is 0.444 e. The van der Waals surface area contributed by atoms with E-state index in [0.717, 1.165) is 6.07 Å². The molecule has 0 fully saturated rings. The number of rotatable bonds is 2. The molecule has 0 radical (unpaired) electrons. The highest BCUT2D eigenvalue weighted by Crippen LogP contribution is 2.34. The lowest BCUT2D eigenvalue weighted by Gasteiger charge is -2.19. The molecule has 0 saturated heterocycles. The molecule has 0 saturated carbocycles. The molecule has 2 rings (SSSR count). The van der Waals surface area contributed by atoms with E-state index in [1.807, 2.05) is 0 Å². The molecule has 1 amide bonds. The summed E-state index contributed by atoms with van der Waals surface area (Å²) in [5, 5.41) is 2.45. The number of alkyl halides is 3. The van der Waals surface area contributed by atoms with E-state index in [9.17, 15) is 18.0 Å². The summed E-state index contributed by atoms with van der Waals surface area (Å²) in [7, 11) is 0. The lowest BCUT2D eigenvalue weighted by molar-refractivity contribution is -0.136. The number of halogens is 3. The number of hydrogen-bond donors (Lipinski definition) is 2. The van der Waals surface area contributed by atoms with Crippen LogP contribution < -0.4 is 5.32 Å². The number of imidazole rings is 1. The first-order valence-electron chi connectivity index (χ1n) is 6.99. The topological polar surface area (TPSA) is 67.0 Å². The molecule has 0 aliphatic heterocycles. The number of H-pyrrole nitrogens is 1. The summed E-state index contributed by atoms with van der Waals surface area (Å²) in [5.74, 6) is 0.224. The second-order valence-corrected chi connectivity index (χ2v) is 6.25. The molecule has 2 N–H and O–H groups in total. The summed E-state index contributed by atoms with van der Waals surface area (Å²) >= 11 is 0. The zero-order chi connectivity index (χ0) is 17.4. The number of benzene rings is 1. The number of aromatic amines is 1. The van der Waals surface area contributed by atoms with Crippen molar-refractivity contribution >= 4 is 17.1 Å². The van der Waals surface area contributed by atoms with E-state index in [-0.39, 0.29) is 23.4 Å². The van der Waals surface area contributed by atoms with E-state index < -0.39 is 23.4 Å². The molecule has 1 heterocycles. The number of carbonyl (C=O) groups is 1. The summed E-state index contributed by atoms with van der Waals surface area (Å²) in [6, 6.07) is 2.63. The number of carbonyl (C=O) groups excluding carboxylic acids is 1. The molecule has 126 valence electrons. The van der Waals surface area contributed by atoms with Crippen molar-refractivity contribution in [3.05, 3.63) is 29.1 Å². The Bertz CT molecular complexity index is 730. The standard InChI is InChI=1S/C15H18F3N3O2/c1-8-5-9(15(16,17)18)12-10(6-8)20-11(21-12)7-19-13(22)23-14(2,3)4/h5-6H,7H2,1-4H3,(H,19,22)(H,20,21). The van der Waals surface area contributed by atoms with Crippen LogP contribution in [0.4, 0.5) is 18.0 Å². The molecule has 2 aromatic rings. The second-order valence-electron chi connectivity index (χ2n) is 6.25. The van der Waals surface area contributed by atoms with Crippen LogP contribution in [0.5, 0.6) is 0 Å². The molecule has 0 bridgehead atoms. The van der Waals surface area contributed by atoms with Crippen LogP contribution >= 0.6 is 0 Å². The van der Waals surface area contributed by atoms with Crippen molar-refractivity contribution in [3.8, 4) is 0 Å². The number of amides is 1. The first-order valence-corrected chi connectivity index (χ1v) is 6.99. The molecular formula is C15H18F3N3O2. The molecule has 23 heavy (non-hydrogen) atoms. The lowest BCUT2D eigenvalue weighted by Crippen LogP contribution is -2.32. The van der Waals surface area contributed by atoms with Gasteiger partial charge in [0, 0.05) is 0 Å². The normalized spacial score (nSPS) is 12.5. The molecule has 8 heteroatoms. The van der Waals surface area contributed by atoms with Crippen molar-refractivity contribution in [2.24, 2.45) is 0 Å². The van der Waals surface area contributed by atoms with E-state index in [2.05, 4.69) is 15.3 Å². The third-order valence-electron chi connectivity index (χ3n) is 2.88. The van der Waals surface area contributed by atoms with Gasteiger partial charge in [0.25, 0.3) is 0 Å². The van der Waals surface area contributed by atoms with Crippen LogP contribution in [0.25, 0.3) is 11.0 Å². The Hall–Kier alpha value is -2.25. The van der Waals surface area contributed by atoms with E-state index in [1.165, 1.54) is 0 Å². The summed E-state index contributed by atoms with van der Waals surface area (Å²) in [4.78, 5) is 18.3. The fourth-order valence-electron chi connectivity index (χ4n) is 2.08. The minimum absolute atomic E-state index is 0.0556. The molecule has 0 aliphatic carbocycles. The zero-order valence-corrected chi connectivity index (χ0v) is 13.3. The molecule has 1 aromatic carbocycles. The number of hydrogen-bond acceptors (Lipinski definition) is 3. The van der Waals surface area contributed by atoms with Gasteiger partial charge < -0.3 is 15.0 Å². The van der Waals surface area contributed by atoms with Gasteiger partial charge in [0.15, 0.2) is 0 Å². The Morgan fingerprint density at radius 2 is 1.96 bits per heavy atom. The number of alkyl carbamates (subject to hydrolysis) is 1. The average Bonchev–Trinajstić information content (AvgIpc) is 2.74. The highest BCUT2D eigenvalue weighted by Gasteiger charge is 2.34. The third-order valence-corrected chi connectivity index (χ3v) is 2.88. The number of nitrogens with zero attached hydrogens (tertiary/aromatic N) is 1. The molecule has 1 aromatic heterocycles. The Kier molecular flexibility index (Phi) is 4.28. The monoisotopic (exact) mass is 329 g/mol. The highest BCUT2D eigenvalue weighted by molar-refractivity contribution is 5.80. The van der Waals surface area contributed by atoms with Crippen LogP contribution in [0.1, 0.15) is 37.7 Å². The molecule has 0 spiro atoms. The van der Waals surface area contributed by atoms with Gasteiger partial charge in [0.2, 0.25) is 0 Å². The first kappa shape index (κ1) is 17.1. The van der Waals surface area contributed by atoms with Crippen LogP contribution in [0.3, 0.4) is 0 Å². The lowest BCUT2D eigenvalue weighted by atomic mass is 10.1. The number of fused-ring (bicyclic) bond motifs is 1. The maximum Gasteiger partial charge on any atom is 0.418 e. The maximum absolute atomic E-state index is 13.1. The summed E-state index contributed by atoms with van der Waals surface area (Å²) < 4.78 is 44.2. The van der Waals surface area contributed by atoms with Crippen LogP contribution in [0.2, 0.25) is 0 Å². The molecular weight excluding hydrogens is 311 g/mol. The van der Waals surface area contributed by atoms with Gasteiger partial charge in [-0.25, -0.2) is 9.78 Å². The maximum atomic E-state index is 13.1. The van der Waals surface area contributed by atoms with Gasteiger partial charge in [0.05, 0.1) is 17.6 Å². The van der Waals surface area contributed by atoms with Gasteiger partial charge in [-0.3, -0.25) is 0 Å². The van der Waals surface area contributed by atoms with E-state index in [0.29, 0.717) is 5.56 Å². The number of ether oxygens (including phenoxy) is 1. The third kappa shape index (κ3) is 4.37. The van der Waals surface area contributed by atoms with Crippen molar-refractivity contribution in [2.45, 2.75) is 46.0 Å². The van der Waals surface area contributed by atoms with Gasteiger partial charge in [-0.15, -0.1) is 0 Å².